The number of aryl methyl sites for hydroxylation is 1. The third kappa shape index (κ3) is 1.89. The predicted octanol–water partition coefficient (Wildman–Crippen LogP) is 1.80. The average molecular weight is 177 g/mol. The summed E-state index contributed by atoms with van der Waals surface area (Å²) in [5.74, 6) is 1.47. The Hall–Kier alpha value is -1.30. The third-order valence-electron chi connectivity index (χ3n) is 2.14. The summed E-state index contributed by atoms with van der Waals surface area (Å²) in [5.41, 5.74) is 1.63. The van der Waals surface area contributed by atoms with Crippen LogP contribution >= 0.6 is 0 Å². The number of imidazole rings is 1. The van der Waals surface area contributed by atoms with Crippen LogP contribution in [-0.2, 0) is 13.5 Å². The van der Waals surface area contributed by atoms with Crippen molar-refractivity contribution in [3.8, 4) is 6.07 Å². The maximum atomic E-state index is 8.84. The van der Waals surface area contributed by atoms with E-state index in [1.54, 1.807) is 0 Å². The summed E-state index contributed by atoms with van der Waals surface area (Å²) in [6, 6.07) is 2.13. The Kier molecular flexibility index (Phi) is 2.72. The largest absolute Gasteiger partial charge is 0.334 e. The topological polar surface area (TPSA) is 41.6 Å². The standard InChI is InChI=1S/C10H15N3/c1-7(2)5-10-9(6-11)12-8(3)13(10)4/h7H,5H2,1-4H3. The van der Waals surface area contributed by atoms with Crippen LogP contribution in [0.1, 0.15) is 31.1 Å². The Morgan fingerprint density at radius 3 is 2.62 bits per heavy atom. The van der Waals surface area contributed by atoms with Gasteiger partial charge in [-0.25, -0.2) is 4.98 Å². The van der Waals surface area contributed by atoms with Crippen molar-refractivity contribution in [2.45, 2.75) is 27.2 Å². The van der Waals surface area contributed by atoms with Crippen LogP contribution in [0.4, 0.5) is 0 Å². The zero-order chi connectivity index (χ0) is 10.0. The molecule has 0 aliphatic rings. The smallest absolute Gasteiger partial charge is 0.161 e. The molecule has 3 nitrogen and oxygen atoms in total. The van der Waals surface area contributed by atoms with Gasteiger partial charge in [0.05, 0.1) is 5.69 Å². The van der Waals surface area contributed by atoms with E-state index in [-0.39, 0.29) is 0 Å². The molecule has 1 heterocycles. The van der Waals surface area contributed by atoms with Crippen molar-refractivity contribution in [1.82, 2.24) is 9.55 Å². The quantitative estimate of drug-likeness (QED) is 0.691. The molecular weight excluding hydrogens is 162 g/mol. The first-order chi connectivity index (χ1) is 6.06. The molecule has 0 aromatic carbocycles. The lowest BCUT2D eigenvalue weighted by Gasteiger charge is -2.06. The van der Waals surface area contributed by atoms with Crippen LogP contribution in [0.25, 0.3) is 0 Å². The van der Waals surface area contributed by atoms with E-state index in [9.17, 15) is 0 Å². The van der Waals surface area contributed by atoms with E-state index < -0.39 is 0 Å². The molecule has 3 heteroatoms. The molecule has 1 rings (SSSR count). The number of nitriles is 1. The van der Waals surface area contributed by atoms with Crippen molar-refractivity contribution in [1.29, 1.82) is 5.26 Å². The molecule has 0 saturated heterocycles. The Bertz CT molecular complexity index is 342. The fraction of sp³-hybridized carbons (Fsp3) is 0.600. The second kappa shape index (κ2) is 3.61. The van der Waals surface area contributed by atoms with Crippen molar-refractivity contribution in [3.05, 3.63) is 17.2 Å². The van der Waals surface area contributed by atoms with E-state index in [1.165, 1.54) is 0 Å². The van der Waals surface area contributed by atoms with E-state index in [0.29, 0.717) is 11.6 Å². The summed E-state index contributed by atoms with van der Waals surface area (Å²) in [6.07, 6.45) is 0.917. The molecule has 0 radical (unpaired) electrons. The van der Waals surface area contributed by atoms with Crippen LogP contribution in [0, 0.1) is 24.2 Å². The Morgan fingerprint density at radius 1 is 1.54 bits per heavy atom. The maximum absolute atomic E-state index is 8.84. The van der Waals surface area contributed by atoms with Gasteiger partial charge in [-0.05, 0) is 19.3 Å². The fourth-order valence-electron chi connectivity index (χ4n) is 1.37. The lowest BCUT2D eigenvalue weighted by molar-refractivity contribution is 0.612. The lowest BCUT2D eigenvalue weighted by atomic mass is 10.1. The molecule has 1 aromatic rings. The van der Waals surface area contributed by atoms with E-state index in [1.807, 2.05) is 18.5 Å². The van der Waals surface area contributed by atoms with Gasteiger partial charge in [0.15, 0.2) is 5.69 Å². The molecule has 0 aliphatic carbocycles. The normalized spacial score (nSPS) is 10.5. The van der Waals surface area contributed by atoms with Crippen molar-refractivity contribution in [2.75, 3.05) is 0 Å². The van der Waals surface area contributed by atoms with E-state index in [2.05, 4.69) is 24.9 Å². The Labute approximate surface area is 79.0 Å². The van der Waals surface area contributed by atoms with Gasteiger partial charge < -0.3 is 4.57 Å². The van der Waals surface area contributed by atoms with Gasteiger partial charge in [-0.3, -0.25) is 0 Å². The van der Waals surface area contributed by atoms with Gasteiger partial charge in [-0.15, -0.1) is 0 Å². The minimum atomic E-state index is 0.557. The van der Waals surface area contributed by atoms with Gasteiger partial charge in [0.2, 0.25) is 0 Å². The zero-order valence-corrected chi connectivity index (χ0v) is 8.63. The van der Waals surface area contributed by atoms with Crippen LogP contribution in [0.2, 0.25) is 0 Å². The van der Waals surface area contributed by atoms with Crippen LogP contribution in [0.3, 0.4) is 0 Å². The summed E-state index contributed by atoms with van der Waals surface area (Å²) >= 11 is 0. The van der Waals surface area contributed by atoms with E-state index >= 15 is 0 Å². The second-order valence-corrected chi connectivity index (χ2v) is 3.72. The van der Waals surface area contributed by atoms with E-state index in [0.717, 1.165) is 17.9 Å². The molecule has 0 amide bonds. The van der Waals surface area contributed by atoms with Crippen molar-refractivity contribution < 1.29 is 0 Å². The average Bonchev–Trinajstić information content (AvgIpc) is 2.31. The minimum absolute atomic E-state index is 0.557. The molecule has 13 heavy (non-hydrogen) atoms. The molecule has 0 saturated carbocycles. The molecule has 0 fully saturated rings. The van der Waals surface area contributed by atoms with Crippen LogP contribution in [0.5, 0.6) is 0 Å². The zero-order valence-electron chi connectivity index (χ0n) is 8.63. The van der Waals surface area contributed by atoms with Gasteiger partial charge in [0.25, 0.3) is 0 Å². The molecule has 0 bridgehead atoms. The SMILES string of the molecule is Cc1nc(C#N)c(CC(C)C)n1C. The number of rotatable bonds is 2. The molecule has 70 valence electrons. The third-order valence-corrected chi connectivity index (χ3v) is 2.14. The van der Waals surface area contributed by atoms with Gasteiger partial charge >= 0.3 is 0 Å². The summed E-state index contributed by atoms with van der Waals surface area (Å²) in [6.45, 7) is 6.21. The summed E-state index contributed by atoms with van der Waals surface area (Å²) in [7, 11) is 1.96. The van der Waals surface area contributed by atoms with Gasteiger partial charge in [0.1, 0.15) is 11.9 Å². The monoisotopic (exact) mass is 177 g/mol. The Morgan fingerprint density at radius 2 is 2.15 bits per heavy atom. The van der Waals surface area contributed by atoms with Gasteiger partial charge in [-0.2, -0.15) is 5.26 Å². The highest BCUT2D eigenvalue weighted by Gasteiger charge is 2.12. The highest BCUT2D eigenvalue weighted by Crippen LogP contribution is 2.13. The van der Waals surface area contributed by atoms with Gasteiger partial charge in [0, 0.05) is 7.05 Å². The summed E-state index contributed by atoms with van der Waals surface area (Å²) in [5, 5.41) is 8.84. The van der Waals surface area contributed by atoms with Crippen molar-refractivity contribution in [3.63, 3.8) is 0 Å². The maximum Gasteiger partial charge on any atom is 0.161 e. The first kappa shape index (κ1) is 9.79. The molecule has 0 atom stereocenters. The van der Waals surface area contributed by atoms with Crippen LogP contribution < -0.4 is 0 Å². The van der Waals surface area contributed by atoms with E-state index in [4.69, 9.17) is 5.26 Å². The number of hydrogen-bond donors (Lipinski definition) is 0. The molecule has 0 unspecified atom stereocenters. The van der Waals surface area contributed by atoms with Crippen LogP contribution in [-0.4, -0.2) is 9.55 Å². The number of aromatic nitrogens is 2. The summed E-state index contributed by atoms with van der Waals surface area (Å²) in [4.78, 5) is 4.18. The summed E-state index contributed by atoms with van der Waals surface area (Å²) < 4.78 is 2.00. The first-order valence-electron chi connectivity index (χ1n) is 4.48. The second-order valence-electron chi connectivity index (χ2n) is 3.72. The molecular formula is C10H15N3. The Balaban J connectivity index is 3.11. The lowest BCUT2D eigenvalue weighted by Crippen LogP contribution is -2.03. The highest BCUT2D eigenvalue weighted by atomic mass is 15.1. The molecule has 0 aliphatic heterocycles. The van der Waals surface area contributed by atoms with Crippen LogP contribution in [0.15, 0.2) is 0 Å². The predicted molar refractivity (Wildman–Crippen MR) is 51.2 cm³/mol. The molecule has 0 spiro atoms. The number of hydrogen-bond acceptors (Lipinski definition) is 2. The number of nitrogens with zero attached hydrogens (tertiary/aromatic N) is 3. The first-order valence-corrected chi connectivity index (χ1v) is 4.48. The highest BCUT2D eigenvalue weighted by molar-refractivity contribution is 5.28. The minimum Gasteiger partial charge on any atom is -0.334 e. The van der Waals surface area contributed by atoms with Crippen molar-refractivity contribution in [2.24, 2.45) is 13.0 Å². The molecule has 0 N–H and O–H groups in total. The fourth-order valence-corrected chi connectivity index (χ4v) is 1.37. The van der Waals surface area contributed by atoms with Gasteiger partial charge in [-0.1, -0.05) is 13.8 Å². The molecule has 1 aromatic heterocycles. The van der Waals surface area contributed by atoms with Crippen molar-refractivity contribution >= 4 is 0 Å².